The fourth-order valence-electron chi connectivity index (χ4n) is 2.61. The average Bonchev–Trinajstić information content (AvgIpc) is 2.77. The summed E-state index contributed by atoms with van der Waals surface area (Å²) in [5, 5.41) is 51.5. The van der Waals surface area contributed by atoms with Gasteiger partial charge in [0.2, 0.25) is 11.5 Å². The summed E-state index contributed by atoms with van der Waals surface area (Å²) in [6.45, 7) is 0. The lowest BCUT2D eigenvalue weighted by Crippen LogP contribution is -1.94. The number of phenolic OH excluding ortho intramolecular Hbond substituents is 2. The number of methoxy groups -OCH3 is 2. The van der Waals surface area contributed by atoms with Crippen LogP contribution in [0, 0.1) is 20.2 Å². The van der Waals surface area contributed by atoms with Crippen LogP contribution in [-0.2, 0) is 4.79 Å². The second kappa shape index (κ2) is 10.4. The highest BCUT2D eigenvalue weighted by molar-refractivity contribution is 6.02. The van der Waals surface area contributed by atoms with Crippen LogP contribution in [-0.4, -0.2) is 45.2 Å². The van der Waals surface area contributed by atoms with E-state index in [-0.39, 0.29) is 22.6 Å². The largest absolute Gasteiger partial charge is 0.508 e. The normalized spacial score (nSPS) is 11.6. The number of carbonyl (C=O) groups excluding carboxylic acids is 1. The number of ether oxygens (including phenoxy) is 2. The Kier molecular flexibility index (Phi) is 7.72. The highest BCUT2D eigenvalue weighted by Gasteiger charge is 2.20. The molecule has 0 unspecified atom stereocenters. The molecule has 0 spiro atoms. The van der Waals surface area contributed by atoms with Gasteiger partial charge in [-0.25, -0.2) is 0 Å². The number of nitrogens with zero attached hydrogens (tertiary/aromatic N) is 2. The van der Waals surface area contributed by atoms with Gasteiger partial charge < -0.3 is 24.8 Å². The molecule has 0 aromatic heterocycles. The lowest BCUT2D eigenvalue weighted by atomic mass is 10.1. The molecular weight excluding hydrogens is 440 g/mol. The maximum absolute atomic E-state index is 12.1. The van der Waals surface area contributed by atoms with E-state index < -0.39 is 44.3 Å². The van der Waals surface area contributed by atoms with Crippen molar-refractivity contribution in [2.24, 2.45) is 0 Å². The summed E-state index contributed by atoms with van der Waals surface area (Å²) in [5.74, 6) is -2.78. The number of nitro benzene ring substituents is 2. The lowest BCUT2D eigenvalue weighted by Gasteiger charge is -2.05. The Balaban J connectivity index is 2.23. The molecule has 0 saturated carbocycles. The summed E-state index contributed by atoms with van der Waals surface area (Å²) in [5.41, 5.74) is -0.810. The number of hydrogen-bond donors (Lipinski definition) is 3. The smallest absolute Gasteiger partial charge is 0.315 e. The van der Waals surface area contributed by atoms with Crippen molar-refractivity contribution in [1.82, 2.24) is 0 Å². The Morgan fingerprint density at radius 2 is 1.27 bits per heavy atom. The molecule has 2 aromatic rings. The molecule has 0 radical (unpaired) electrons. The Bertz CT molecular complexity index is 1200. The minimum absolute atomic E-state index is 0.148. The summed E-state index contributed by atoms with van der Waals surface area (Å²) < 4.78 is 9.74. The molecule has 33 heavy (non-hydrogen) atoms. The van der Waals surface area contributed by atoms with Gasteiger partial charge in [0.15, 0.2) is 17.3 Å². The first kappa shape index (κ1) is 24.4. The average molecular weight is 458 g/mol. The van der Waals surface area contributed by atoms with Crippen LogP contribution in [0.15, 0.2) is 48.3 Å². The van der Waals surface area contributed by atoms with Crippen LogP contribution in [0.4, 0.5) is 11.4 Å². The topological polar surface area (TPSA) is 183 Å². The molecule has 2 rings (SSSR count). The third-order valence-corrected chi connectivity index (χ3v) is 4.16. The van der Waals surface area contributed by atoms with Crippen molar-refractivity contribution in [3.63, 3.8) is 0 Å². The third kappa shape index (κ3) is 6.07. The van der Waals surface area contributed by atoms with Crippen molar-refractivity contribution < 1.29 is 39.4 Å². The summed E-state index contributed by atoms with van der Waals surface area (Å²) in [7, 11) is 2.43. The molecule has 0 aliphatic carbocycles. The molecule has 0 aliphatic heterocycles. The molecule has 0 saturated heterocycles. The van der Waals surface area contributed by atoms with Gasteiger partial charge in [0, 0.05) is 18.2 Å². The van der Waals surface area contributed by atoms with E-state index in [2.05, 4.69) is 0 Å². The number of nitro groups is 2. The predicted molar refractivity (Wildman–Crippen MR) is 116 cm³/mol. The van der Waals surface area contributed by atoms with Gasteiger partial charge in [-0.05, 0) is 35.4 Å². The molecule has 0 atom stereocenters. The molecule has 0 amide bonds. The standard InChI is InChI=1S/C21H18N2O10/c1-32-18-9-12(7-16(20(18)26)22(28)29)3-5-14(24)11-15(25)6-4-13-8-17(23(30)31)21(27)19(10-13)33-2/h3-11,24,26-27H,1-2H3/b5-3+,6-4+,14-11-. The molecule has 12 heteroatoms. The van der Waals surface area contributed by atoms with Crippen LogP contribution in [0.2, 0.25) is 0 Å². The number of rotatable bonds is 9. The number of hydrogen-bond acceptors (Lipinski definition) is 10. The SMILES string of the molecule is COc1cc(/C=C/C(=O)/C=C(O)/C=C/c2cc(OC)c(O)c([N+](=O)[O-])c2)cc([N+](=O)[O-])c1O. The highest BCUT2D eigenvalue weighted by atomic mass is 16.6. The molecular formula is C21H18N2O10. The third-order valence-electron chi connectivity index (χ3n) is 4.16. The van der Waals surface area contributed by atoms with E-state index in [0.29, 0.717) is 0 Å². The molecule has 3 N–H and O–H groups in total. The van der Waals surface area contributed by atoms with Crippen molar-refractivity contribution in [2.75, 3.05) is 14.2 Å². The first-order chi connectivity index (χ1) is 15.6. The van der Waals surface area contributed by atoms with Crippen LogP contribution in [0.25, 0.3) is 12.2 Å². The summed E-state index contributed by atoms with van der Waals surface area (Å²) >= 11 is 0. The summed E-state index contributed by atoms with van der Waals surface area (Å²) in [6, 6.07) is 4.66. The molecule has 0 fully saturated rings. The highest BCUT2D eigenvalue weighted by Crippen LogP contribution is 2.38. The van der Waals surface area contributed by atoms with Gasteiger partial charge in [0.05, 0.1) is 24.1 Å². The van der Waals surface area contributed by atoms with E-state index in [0.717, 1.165) is 30.4 Å². The number of ketones is 1. The minimum atomic E-state index is -0.809. The molecule has 12 nitrogen and oxygen atoms in total. The van der Waals surface area contributed by atoms with Gasteiger partial charge in [0.25, 0.3) is 0 Å². The van der Waals surface area contributed by atoms with Gasteiger partial charge in [-0.15, -0.1) is 0 Å². The van der Waals surface area contributed by atoms with Crippen LogP contribution >= 0.6 is 0 Å². The maximum atomic E-state index is 12.1. The Morgan fingerprint density at radius 1 is 0.848 bits per heavy atom. The monoisotopic (exact) mass is 458 g/mol. The van der Waals surface area contributed by atoms with E-state index in [1.54, 1.807) is 0 Å². The zero-order chi connectivity index (χ0) is 24.7. The van der Waals surface area contributed by atoms with Gasteiger partial charge in [-0.3, -0.25) is 25.0 Å². The lowest BCUT2D eigenvalue weighted by molar-refractivity contribution is -0.386. The van der Waals surface area contributed by atoms with Crippen molar-refractivity contribution >= 4 is 29.3 Å². The summed E-state index contributed by atoms with van der Waals surface area (Å²) in [4.78, 5) is 32.5. The van der Waals surface area contributed by atoms with E-state index in [9.17, 15) is 40.3 Å². The van der Waals surface area contributed by atoms with E-state index in [1.807, 2.05) is 0 Å². The van der Waals surface area contributed by atoms with E-state index in [1.165, 1.54) is 38.5 Å². The molecule has 2 aromatic carbocycles. The zero-order valence-electron chi connectivity index (χ0n) is 17.3. The van der Waals surface area contributed by atoms with E-state index >= 15 is 0 Å². The van der Waals surface area contributed by atoms with Gasteiger partial charge in [-0.1, -0.05) is 12.2 Å². The fraction of sp³-hybridized carbons (Fsp3) is 0.0952. The predicted octanol–water partition coefficient (Wildman–Crippen LogP) is 3.67. The number of allylic oxidation sites excluding steroid dienone is 3. The number of aromatic hydroxyl groups is 2. The number of aliphatic hydroxyl groups excluding tert-OH is 1. The van der Waals surface area contributed by atoms with Gasteiger partial charge in [0.1, 0.15) is 5.76 Å². The Hall–Kier alpha value is -4.87. The molecule has 172 valence electrons. The molecule has 0 bridgehead atoms. The van der Waals surface area contributed by atoms with Crippen molar-refractivity contribution in [1.29, 1.82) is 0 Å². The Morgan fingerprint density at radius 3 is 1.67 bits per heavy atom. The second-order valence-corrected chi connectivity index (χ2v) is 6.33. The van der Waals surface area contributed by atoms with Crippen LogP contribution in [0.5, 0.6) is 23.0 Å². The Labute approximate surface area is 186 Å². The maximum Gasteiger partial charge on any atom is 0.315 e. The van der Waals surface area contributed by atoms with Crippen LogP contribution < -0.4 is 9.47 Å². The number of phenols is 2. The quantitative estimate of drug-likeness (QED) is 0.165. The first-order valence-electron chi connectivity index (χ1n) is 8.99. The number of carbonyl (C=O) groups is 1. The second-order valence-electron chi connectivity index (χ2n) is 6.33. The number of aliphatic hydroxyl groups is 1. The van der Waals surface area contributed by atoms with Crippen LogP contribution in [0.1, 0.15) is 11.1 Å². The van der Waals surface area contributed by atoms with Crippen LogP contribution in [0.3, 0.4) is 0 Å². The first-order valence-corrected chi connectivity index (χ1v) is 8.99. The fourth-order valence-corrected chi connectivity index (χ4v) is 2.61. The molecule has 0 aliphatic rings. The zero-order valence-corrected chi connectivity index (χ0v) is 17.3. The van der Waals surface area contributed by atoms with Gasteiger partial charge in [-0.2, -0.15) is 0 Å². The minimum Gasteiger partial charge on any atom is -0.508 e. The summed E-state index contributed by atoms with van der Waals surface area (Å²) in [6.07, 6.45) is 5.43. The van der Waals surface area contributed by atoms with Crippen molar-refractivity contribution in [3.8, 4) is 23.0 Å². The molecule has 0 heterocycles. The van der Waals surface area contributed by atoms with E-state index in [4.69, 9.17) is 9.47 Å². The number of benzene rings is 2. The van der Waals surface area contributed by atoms with Crippen molar-refractivity contribution in [2.45, 2.75) is 0 Å². The van der Waals surface area contributed by atoms with Gasteiger partial charge >= 0.3 is 11.4 Å². The van der Waals surface area contributed by atoms with Crippen molar-refractivity contribution in [3.05, 3.63) is 79.6 Å².